The number of nitrogens with zero attached hydrogens (tertiary/aromatic N) is 2. The highest BCUT2D eigenvalue weighted by molar-refractivity contribution is 5.91. The highest BCUT2D eigenvalue weighted by Gasteiger charge is 2.21. The number of para-hydroxylation sites is 1. The molecule has 1 unspecified atom stereocenters. The Balaban J connectivity index is 2.11. The molecule has 4 nitrogen and oxygen atoms in total. The van der Waals surface area contributed by atoms with Crippen LogP contribution >= 0.6 is 0 Å². The van der Waals surface area contributed by atoms with Crippen molar-refractivity contribution in [1.29, 1.82) is 0 Å². The predicted molar refractivity (Wildman–Crippen MR) is 83.5 cm³/mol. The molecule has 3 rings (SSSR count). The second-order valence-electron chi connectivity index (χ2n) is 5.52. The van der Waals surface area contributed by atoms with Crippen molar-refractivity contribution in [1.82, 2.24) is 9.88 Å². The number of anilines is 1. The Labute approximate surface area is 119 Å². The Hall–Kier alpha value is -1.81. The van der Waals surface area contributed by atoms with Crippen molar-refractivity contribution in [3.8, 4) is 0 Å². The van der Waals surface area contributed by atoms with E-state index < -0.39 is 0 Å². The van der Waals surface area contributed by atoms with Gasteiger partial charge < -0.3 is 14.8 Å². The second kappa shape index (κ2) is 5.29. The summed E-state index contributed by atoms with van der Waals surface area (Å²) < 4.78 is 1.72. The van der Waals surface area contributed by atoms with Gasteiger partial charge in [-0.25, -0.2) is 0 Å². The van der Waals surface area contributed by atoms with Gasteiger partial charge in [-0.3, -0.25) is 4.79 Å². The topological polar surface area (TPSA) is 37.3 Å². The molecule has 1 saturated heterocycles. The van der Waals surface area contributed by atoms with Gasteiger partial charge in [0.25, 0.3) is 5.56 Å². The molecule has 2 aromatic rings. The van der Waals surface area contributed by atoms with Gasteiger partial charge >= 0.3 is 0 Å². The van der Waals surface area contributed by atoms with Crippen LogP contribution in [0.5, 0.6) is 0 Å². The molecule has 1 atom stereocenters. The van der Waals surface area contributed by atoms with E-state index in [1.807, 2.05) is 32.3 Å². The zero-order chi connectivity index (χ0) is 14.1. The fourth-order valence-electron chi connectivity index (χ4n) is 3.09. The molecular formula is C16H21N3O. The normalized spacial score (nSPS) is 19.5. The van der Waals surface area contributed by atoms with E-state index in [0.29, 0.717) is 6.04 Å². The maximum atomic E-state index is 12.2. The van der Waals surface area contributed by atoms with Crippen LogP contribution in [0.1, 0.15) is 12.8 Å². The lowest BCUT2D eigenvalue weighted by Gasteiger charge is -2.35. The monoisotopic (exact) mass is 271 g/mol. The molecule has 1 aromatic carbocycles. The van der Waals surface area contributed by atoms with E-state index in [1.54, 1.807) is 10.6 Å². The number of hydrogen-bond donors (Lipinski definition) is 1. The molecule has 1 N–H and O–H groups in total. The number of aromatic nitrogens is 1. The quantitative estimate of drug-likeness (QED) is 0.904. The number of benzene rings is 1. The number of nitrogens with one attached hydrogen (secondary N) is 1. The lowest BCUT2D eigenvalue weighted by atomic mass is 10.0. The van der Waals surface area contributed by atoms with Gasteiger partial charge in [-0.1, -0.05) is 18.2 Å². The lowest BCUT2D eigenvalue weighted by Crippen LogP contribution is -2.44. The molecule has 1 aliphatic rings. The van der Waals surface area contributed by atoms with E-state index in [2.05, 4.69) is 16.3 Å². The average Bonchev–Trinajstić information content (AvgIpc) is 2.51. The summed E-state index contributed by atoms with van der Waals surface area (Å²) in [6.07, 6.45) is 2.37. The van der Waals surface area contributed by atoms with E-state index in [4.69, 9.17) is 0 Å². The van der Waals surface area contributed by atoms with Crippen molar-refractivity contribution < 1.29 is 0 Å². The molecule has 1 aromatic heterocycles. The first-order valence-electron chi connectivity index (χ1n) is 7.21. The smallest absolute Gasteiger partial charge is 0.252 e. The maximum Gasteiger partial charge on any atom is 0.252 e. The van der Waals surface area contributed by atoms with Gasteiger partial charge in [-0.15, -0.1) is 0 Å². The lowest BCUT2D eigenvalue weighted by molar-refractivity contribution is 0.450. The van der Waals surface area contributed by atoms with Crippen molar-refractivity contribution in [3.05, 3.63) is 40.7 Å². The predicted octanol–water partition coefficient (Wildman–Crippen LogP) is 1.73. The summed E-state index contributed by atoms with van der Waals surface area (Å²) in [6.45, 7) is 1.99. The highest BCUT2D eigenvalue weighted by atomic mass is 16.1. The standard InChI is InChI=1S/C16H21N3O/c1-17-12-6-5-9-19(11-12)15-10-16(20)18(2)14-8-4-3-7-13(14)15/h3-4,7-8,10,12,17H,5-6,9,11H2,1-2H3. The second-order valence-corrected chi connectivity index (χ2v) is 5.52. The van der Waals surface area contributed by atoms with Crippen molar-refractivity contribution in [2.45, 2.75) is 18.9 Å². The van der Waals surface area contributed by atoms with Crippen LogP contribution in [0.25, 0.3) is 10.9 Å². The number of aryl methyl sites for hydroxylation is 1. The molecule has 20 heavy (non-hydrogen) atoms. The molecule has 4 heteroatoms. The fraction of sp³-hybridized carbons (Fsp3) is 0.438. The van der Waals surface area contributed by atoms with Crippen molar-refractivity contribution in [2.75, 3.05) is 25.0 Å². The third-order valence-corrected chi connectivity index (χ3v) is 4.30. The summed E-state index contributed by atoms with van der Waals surface area (Å²) in [5, 5.41) is 4.51. The molecule has 2 heterocycles. The molecular weight excluding hydrogens is 250 g/mol. The first kappa shape index (κ1) is 13.2. The van der Waals surface area contributed by atoms with Gasteiger partial charge in [0.15, 0.2) is 0 Å². The molecule has 1 fully saturated rings. The largest absolute Gasteiger partial charge is 0.369 e. The SMILES string of the molecule is CNC1CCCN(c2cc(=O)n(C)c3ccccc23)C1. The summed E-state index contributed by atoms with van der Waals surface area (Å²) in [5.74, 6) is 0. The van der Waals surface area contributed by atoms with Crippen molar-refractivity contribution >= 4 is 16.6 Å². The van der Waals surface area contributed by atoms with Crippen LogP contribution in [-0.4, -0.2) is 30.7 Å². The molecule has 0 aliphatic carbocycles. The van der Waals surface area contributed by atoms with Gasteiger partial charge in [0.2, 0.25) is 0 Å². The van der Waals surface area contributed by atoms with E-state index in [1.165, 1.54) is 6.42 Å². The van der Waals surface area contributed by atoms with Crippen molar-refractivity contribution in [3.63, 3.8) is 0 Å². The van der Waals surface area contributed by atoms with Crippen LogP contribution in [0.4, 0.5) is 5.69 Å². The Morgan fingerprint density at radius 2 is 2.10 bits per heavy atom. The van der Waals surface area contributed by atoms with E-state index in [0.717, 1.165) is 36.1 Å². The van der Waals surface area contributed by atoms with Crippen LogP contribution in [0, 0.1) is 0 Å². The molecule has 0 amide bonds. The molecule has 106 valence electrons. The minimum atomic E-state index is 0.0604. The molecule has 1 aliphatic heterocycles. The molecule has 0 radical (unpaired) electrons. The first-order chi connectivity index (χ1) is 9.70. The third kappa shape index (κ3) is 2.20. The van der Waals surface area contributed by atoms with Crippen LogP contribution in [0.3, 0.4) is 0 Å². The summed E-state index contributed by atoms with van der Waals surface area (Å²) in [5.41, 5.74) is 2.13. The van der Waals surface area contributed by atoms with E-state index in [9.17, 15) is 4.79 Å². The Morgan fingerprint density at radius 1 is 1.30 bits per heavy atom. The number of fused-ring (bicyclic) bond motifs is 1. The number of piperidine rings is 1. The number of hydrogen-bond acceptors (Lipinski definition) is 3. The van der Waals surface area contributed by atoms with Gasteiger partial charge in [0, 0.05) is 37.6 Å². The number of likely N-dealkylation sites (N-methyl/N-ethyl adjacent to an activating group) is 1. The zero-order valence-corrected chi connectivity index (χ0v) is 12.1. The first-order valence-corrected chi connectivity index (χ1v) is 7.21. The fourth-order valence-corrected chi connectivity index (χ4v) is 3.09. The van der Waals surface area contributed by atoms with E-state index in [-0.39, 0.29) is 5.56 Å². The summed E-state index contributed by atoms with van der Waals surface area (Å²) in [4.78, 5) is 14.5. The Morgan fingerprint density at radius 3 is 2.90 bits per heavy atom. The zero-order valence-electron chi connectivity index (χ0n) is 12.1. The average molecular weight is 271 g/mol. The van der Waals surface area contributed by atoms with Crippen LogP contribution in [0.2, 0.25) is 0 Å². The van der Waals surface area contributed by atoms with Gasteiger partial charge in [-0.2, -0.15) is 0 Å². The summed E-state index contributed by atoms with van der Waals surface area (Å²) in [7, 11) is 3.84. The van der Waals surface area contributed by atoms with Gasteiger partial charge in [0.05, 0.1) is 11.2 Å². The van der Waals surface area contributed by atoms with E-state index >= 15 is 0 Å². The Bertz CT molecular complexity index is 677. The Kier molecular flexibility index (Phi) is 3.49. The summed E-state index contributed by atoms with van der Waals surface area (Å²) >= 11 is 0. The molecule has 0 spiro atoms. The summed E-state index contributed by atoms with van der Waals surface area (Å²) in [6, 6.07) is 10.4. The highest BCUT2D eigenvalue weighted by Crippen LogP contribution is 2.27. The van der Waals surface area contributed by atoms with Crippen LogP contribution < -0.4 is 15.8 Å². The van der Waals surface area contributed by atoms with Crippen molar-refractivity contribution in [2.24, 2.45) is 7.05 Å². The third-order valence-electron chi connectivity index (χ3n) is 4.30. The molecule has 0 bridgehead atoms. The number of rotatable bonds is 2. The van der Waals surface area contributed by atoms with Gasteiger partial charge in [-0.05, 0) is 26.0 Å². The minimum absolute atomic E-state index is 0.0604. The number of pyridine rings is 1. The van der Waals surface area contributed by atoms with Crippen LogP contribution in [0.15, 0.2) is 35.1 Å². The maximum absolute atomic E-state index is 12.2. The minimum Gasteiger partial charge on any atom is -0.369 e. The van der Waals surface area contributed by atoms with Gasteiger partial charge in [0.1, 0.15) is 0 Å². The molecule has 0 saturated carbocycles. The van der Waals surface area contributed by atoms with Crippen LogP contribution in [-0.2, 0) is 7.05 Å².